The van der Waals surface area contributed by atoms with Crippen molar-refractivity contribution in [3.8, 4) is 0 Å². The van der Waals surface area contributed by atoms with E-state index in [1.165, 1.54) is 12.1 Å². The Balaban J connectivity index is 1.96. The Bertz CT molecular complexity index is 420. The van der Waals surface area contributed by atoms with Gasteiger partial charge in [-0.3, -0.25) is 0 Å². The zero-order chi connectivity index (χ0) is 13.1. The molecule has 100 valence electrons. The molecule has 0 amide bonds. The average molecular weight is 320 g/mol. The fourth-order valence-corrected chi connectivity index (χ4v) is 2.53. The monoisotopic (exact) mass is 319 g/mol. The highest BCUT2D eigenvalue weighted by Gasteiger charge is 2.20. The van der Waals surface area contributed by atoms with E-state index >= 15 is 0 Å². The molecule has 2 nitrogen and oxygen atoms in total. The first-order valence-corrected chi connectivity index (χ1v) is 6.86. The van der Waals surface area contributed by atoms with Gasteiger partial charge in [-0.15, -0.1) is 0 Å². The second-order valence-corrected chi connectivity index (χ2v) is 5.52. The number of ether oxygens (including phenoxy) is 1. The molecule has 5 heteroatoms. The van der Waals surface area contributed by atoms with Gasteiger partial charge in [-0.05, 0) is 53.7 Å². The van der Waals surface area contributed by atoms with Crippen LogP contribution in [0.4, 0.5) is 8.78 Å². The molecule has 18 heavy (non-hydrogen) atoms. The molecule has 1 aromatic rings. The Morgan fingerprint density at radius 2 is 1.89 bits per heavy atom. The Morgan fingerprint density at radius 3 is 2.56 bits per heavy atom. The predicted molar refractivity (Wildman–Crippen MR) is 69.1 cm³/mol. The van der Waals surface area contributed by atoms with Crippen LogP contribution in [-0.2, 0) is 11.3 Å². The Morgan fingerprint density at radius 1 is 1.22 bits per heavy atom. The summed E-state index contributed by atoms with van der Waals surface area (Å²) in [6.07, 6.45) is 3.60. The summed E-state index contributed by atoms with van der Waals surface area (Å²) in [4.78, 5) is 0. The Kier molecular flexibility index (Phi) is 4.70. The van der Waals surface area contributed by atoms with E-state index in [1.807, 2.05) is 0 Å². The van der Waals surface area contributed by atoms with Crippen molar-refractivity contribution in [2.45, 2.75) is 44.4 Å². The summed E-state index contributed by atoms with van der Waals surface area (Å²) >= 11 is 3.04. The van der Waals surface area contributed by atoms with Crippen LogP contribution in [-0.4, -0.2) is 12.1 Å². The summed E-state index contributed by atoms with van der Waals surface area (Å²) in [5.41, 5.74) is 5.78. The van der Waals surface area contributed by atoms with Crippen molar-refractivity contribution in [2.24, 2.45) is 5.73 Å². The van der Waals surface area contributed by atoms with Crippen LogP contribution in [0.5, 0.6) is 0 Å². The molecule has 1 saturated carbocycles. The van der Waals surface area contributed by atoms with Crippen molar-refractivity contribution in [1.29, 1.82) is 0 Å². The van der Waals surface area contributed by atoms with Crippen molar-refractivity contribution < 1.29 is 13.5 Å². The molecule has 0 radical (unpaired) electrons. The molecule has 0 spiro atoms. The van der Waals surface area contributed by atoms with Gasteiger partial charge in [-0.1, -0.05) is 0 Å². The van der Waals surface area contributed by atoms with Crippen LogP contribution >= 0.6 is 15.9 Å². The maximum atomic E-state index is 13.7. The highest BCUT2D eigenvalue weighted by atomic mass is 79.9. The largest absolute Gasteiger partial charge is 0.373 e. The summed E-state index contributed by atoms with van der Waals surface area (Å²) in [5.74, 6) is -1.15. The number of benzene rings is 1. The van der Waals surface area contributed by atoms with Crippen LogP contribution < -0.4 is 5.73 Å². The quantitative estimate of drug-likeness (QED) is 0.865. The van der Waals surface area contributed by atoms with Gasteiger partial charge in [-0.25, -0.2) is 8.78 Å². The van der Waals surface area contributed by atoms with E-state index in [-0.39, 0.29) is 28.8 Å². The van der Waals surface area contributed by atoms with Gasteiger partial charge >= 0.3 is 0 Å². The molecule has 0 heterocycles. The molecule has 2 N–H and O–H groups in total. The third kappa shape index (κ3) is 3.28. The topological polar surface area (TPSA) is 35.2 Å². The van der Waals surface area contributed by atoms with E-state index in [1.54, 1.807) is 0 Å². The highest BCUT2D eigenvalue weighted by Crippen LogP contribution is 2.25. The van der Waals surface area contributed by atoms with E-state index in [4.69, 9.17) is 10.5 Å². The number of rotatable bonds is 3. The van der Waals surface area contributed by atoms with Gasteiger partial charge in [0.25, 0.3) is 0 Å². The lowest BCUT2D eigenvalue weighted by Gasteiger charge is -2.26. The molecule has 0 atom stereocenters. The first kappa shape index (κ1) is 13.9. The normalized spacial score (nSPS) is 24.2. The molecule has 1 fully saturated rings. The van der Waals surface area contributed by atoms with Crippen molar-refractivity contribution in [2.75, 3.05) is 0 Å². The van der Waals surface area contributed by atoms with Gasteiger partial charge in [-0.2, -0.15) is 0 Å². The minimum atomic E-state index is -0.581. The highest BCUT2D eigenvalue weighted by molar-refractivity contribution is 9.10. The van der Waals surface area contributed by atoms with Crippen molar-refractivity contribution >= 4 is 15.9 Å². The molecular weight excluding hydrogens is 304 g/mol. The number of hydrogen-bond acceptors (Lipinski definition) is 2. The van der Waals surface area contributed by atoms with Crippen LogP contribution in [0.15, 0.2) is 16.6 Å². The summed E-state index contributed by atoms with van der Waals surface area (Å²) in [5, 5.41) is 0. The van der Waals surface area contributed by atoms with Crippen molar-refractivity contribution in [3.05, 3.63) is 33.8 Å². The standard InChI is InChI=1S/C13H16BrF2NO/c14-11-5-6-12(15)10(13(11)16)7-18-9-3-1-8(17)2-4-9/h5-6,8-9H,1-4,7,17H2. The smallest absolute Gasteiger partial charge is 0.145 e. The van der Waals surface area contributed by atoms with E-state index in [9.17, 15) is 8.78 Å². The van der Waals surface area contributed by atoms with E-state index < -0.39 is 11.6 Å². The lowest BCUT2D eigenvalue weighted by Crippen LogP contribution is -2.30. The van der Waals surface area contributed by atoms with E-state index in [2.05, 4.69) is 15.9 Å². The number of halogens is 3. The average Bonchev–Trinajstić information content (AvgIpc) is 2.36. The lowest BCUT2D eigenvalue weighted by molar-refractivity contribution is 0.0112. The fourth-order valence-electron chi connectivity index (χ4n) is 2.16. The second kappa shape index (κ2) is 6.08. The fraction of sp³-hybridized carbons (Fsp3) is 0.538. The van der Waals surface area contributed by atoms with Gasteiger partial charge in [0, 0.05) is 6.04 Å². The van der Waals surface area contributed by atoms with Gasteiger partial charge in [0.15, 0.2) is 0 Å². The van der Waals surface area contributed by atoms with Crippen LogP contribution in [0, 0.1) is 11.6 Å². The Labute approximate surface area is 114 Å². The second-order valence-electron chi connectivity index (χ2n) is 4.67. The van der Waals surface area contributed by atoms with Gasteiger partial charge in [0.1, 0.15) is 11.6 Å². The SMILES string of the molecule is NC1CCC(OCc2c(F)ccc(Br)c2F)CC1. The molecule has 0 unspecified atom stereocenters. The van der Waals surface area contributed by atoms with Crippen LogP contribution in [0.2, 0.25) is 0 Å². The number of hydrogen-bond donors (Lipinski definition) is 1. The lowest BCUT2D eigenvalue weighted by atomic mass is 9.94. The van der Waals surface area contributed by atoms with Gasteiger partial charge in [0.2, 0.25) is 0 Å². The first-order chi connectivity index (χ1) is 8.58. The molecule has 1 aliphatic rings. The van der Waals surface area contributed by atoms with Gasteiger partial charge in [0.05, 0.1) is 22.7 Å². The van der Waals surface area contributed by atoms with Crippen LogP contribution in [0.25, 0.3) is 0 Å². The molecular formula is C13H16BrF2NO. The minimum absolute atomic E-state index is 0.0146. The third-order valence-corrected chi connectivity index (χ3v) is 3.93. The molecule has 1 aliphatic carbocycles. The predicted octanol–water partition coefficient (Wildman–Crippen LogP) is 3.51. The van der Waals surface area contributed by atoms with E-state index in [0.717, 1.165) is 25.7 Å². The minimum Gasteiger partial charge on any atom is -0.373 e. The summed E-state index contributed by atoms with van der Waals surface area (Å²) in [7, 11) is 0. The van der Waals surface area contributed by atoms with Crippen LogP contribution in [0.1, 0.15) is 31.2 Å². The molecule has 0 bridgehead atoms. The zero-order valence-electron chi connectivity index (χ0n) is 9.96. The first-order valence-electron chi connectivity index (χ1n) is 6.07. The summed E-state index contributed by atoms with van der Waals surface area (Å²) in [6, 6.07) is 2.83. The summed E-state index contributed by atoms with van der Waals surface area (Å²) < 4.78 is 33.0. The zero-order valence-corrected chi connectivity index (χ0v) is 11.6. The molecule has 2 rings (SSSR count). The molecule has 0 aromatic heterocycles. The number of nitrogens with two attached hydrogens (primary N) is 1. The van der Waals surface area contributed by atoms with Gasteiger partial charge < -0.3 is 10.5 Å². The molecule has 0 aliphatic heterocycles. The maximum absolute atomic E-state index is 13.7. The maximum Gasteiger partial charge on any atom is 0.145 e. The van der Waals surface area contributed by atoms with Crippen LogP contribution in [0.3, 0.4) is 0 Å². The third-order valence-electron chi connectivity index (χ3n) is 3.32. The van der Waals surface area contributed by atoms with Crippen molar-refractivity contribution in [3.63, 3.8) is 0 Å². The van der Waals surface area contributed by atoms with E-state index in [0.29, 0.717) is 0 Å². The summed E-state index contributed by atoms with van der Waals surface area (Å²) in [6.45, 7) is -0.0307. The Hall–Kier alpha value is -0.520. The molecule has 0 saturated heterocycles. The van der Waals surface area contributed by atoms with Crippen molar-refractivity contribution in [1.82, 2.24) is 0 Å². The molecule has 1 aromatic carbocycles.